The summed E-state index contributed by atoms with van der Waals surface area (Å²) in [7, 11) is 0. The third kappa shape index (κ3) is 4.47. The molecule has 1 amide bonds. The lowest BCUT2D eigenvalue weighted by Crippen LogP contribution is -2.52. The van der Waals surface area contributed by atoms with Crippen LogP contribution in [0.3, 0.4) is 0 Å². The highest BCUT2D eigenvalue weighted by Gasteiger charge is 2.34. The van der Waals surface area contributed by atoms with Crippen LogP contribution in [0.5, 0.6) is 0 Å². The van der Waals surface area contributed by atoms with Gasteiger partial charge in [-0.2, -0.15) is 5.26 Å². The average Bonchev–Trinajstić information content (AvgIpc) is 2.70. The number of ether oxygens (including phenoxy) is 1. The molecule has 1 aromatic rings. The molecule has 1 saturated carbocycles. The van der Waals surface area contributed by atoms with Crippen molar-refractivity contribution in [2.45, 2.75) is 50.6 Å². The summed E-state index contributed by atoms with van der Waals surface area (Å²) in [6, 6.07) is 10.1. The van der Waals surface area contributed by atoms with Gasteiger partial charge < -0.3 is 20.3 Å². The molecule has 6 heteroatoms. The number of carbonyl (C=O) groups is 1. The fourth-order valence-corrected chi connectivity index (χ4v) is 3.67. The smallest absolute Gasteiger partial charge is 0.243 e. The molecule has 0 radical (unpaired) electrons. The molecular formula is C20H28N4O2. The number of rotatable bonds is 5. The van der Waals surface area contributed by atoms with Crippen LogP contribution in [0, 0.1) is 11.3 Å². The van der Waals surface area contributed by atoms with Crippen LogP contribution in [0.2, 0.25) is 0 Å². The van der Waals surface area contributed by atoms with E-state index in [0.29, 0.717) is 0 Å². The first-order valence-electron chi connectivity index (χ1n) is 9.54. The molecule has 2 fully saturated rings. The second kappa shape index (κ2) is 8.41. The quantitative estimate of drug-likeness (QED) is 0.848. The fraction of sp³-hybridized carbons (Fsp3) is 0.600. The molecule has 26 heavy (non-hydrogen) atoms. The number of morpholine rings is 1. The Balaban J connectivity index is 1.56. The molecule has 140 valence electrons. The SMILES string of the molecule is CC(Nc1ccc(N2CCOCC2)cc1)C(=O)NC1(C#N)CCCCC1. The van der Waals surface area contributed by atoms with Gasteiger partial charge in [0.25, 0.3) is 0 Å². The van der Waals surface area contributed by atoms with Crippen molar-refractivity contribution in [3.63, 3.8) is 0 Å². The maximum atomic E-state index is 12.5. The first-order valence-corrected chi connectivity index (χ1v) is 9.54. The van der Waals surface area contributed by atoms with Gasteiger partial charge in [0.2, 0.25) is 5.91 Å². The van der Waals surface area contributed by atoms with Crippen LogP contribution < -0.4 is 15.5 Å². The topological polar surface area (TPSA) is 77.4 Å². The lowest BCUT2D eigenvalue weighted by Gasteiger charge is -2.32. The Bertz CT molecular complexity index is 641. The molecule has 1 aliphatic carbocycles. The summed E-state index contributed by atoms with van der Waals surface area (Å²) in [4.78, 5) is 14.8. The van der Waals surface area contributed by atoms with E-state index < -0.39 is 11.6 Å². The van der Waals surface area contributed by atoms with Crippen LogP contribution in [0.15, 0.2) is 24.3 Å². The Hall–Kier alpha value is -2.26. The maximum Gasteiger partial charge on any atom is 0.243 e. The summed E-state index contributed by atoms with van der Waals surface area (Å²) in [6.07, 6.45) is 4.63. The van der Waals surface area contributed by atoms with Gasteiger partial charge >= 0.3 is 0 Å². The number of benzene rings is 1. The van der Waals surface area contributed by atoms with E-state index in [1.54, 1.807) is 0 Å². The van der Waals surface area contributed by atoms with Gasteiger partial charge in [-0.15, -0.1) is 0 Å². The highest BCUT2D eigenvalue weighted by Crippen LogP contribution is 2.27. The monoisotopic (exact) mass is 356 g/mol. The Morgan fingerprint density at radius 1 is 1.19 bits per heavy atom. The molecule has 0 bridgehead atoms. The predicted octanol–water partition coefficient (Wildman–Crippen LogP) is 2.67. The zero-order valence-electron chi connectivity index (χ0n) is 15.5. The molecule has 1 aromatic carbocycles. The lowest BCUT2D eigenvalue weighted by atomic mass is 9.82. The highest BCUT2D eigenvalue weighted by atomic mass is 16.5. The maximum absolute atomic E-state index is 12.5. The van der Waals surface area contributed by atoms with Gasteiger partial charge in [-0.3, -0.25) is 4.79 Å². The Kier molecular flexibility index (Phi) is 6.00. The first kappa shape index (κ1) is 18.5. The van der Waals surface area contributed by atoms with Gasteiger partial charge in [-0.05, 0) is 44.0 Å². The standard InChI is InChI=1S/C20H28N4O2/c1-16(19(25)23-20(15-21)9-3-2-4-10-20)22-17-5-7-18(8-6-17)24-11-13-26-14-12-24/h5-8,16,22H,2-4,9-14H2,1H3,(H,23,25). The van der Waals surface area contributed by atoms with E-state index in [1.165, 1.54) is 5.69 Å². The largest absolute Gasteiger partial charge is 0.378 e. The molecule has 1 unspecified atom stereocenters. The molecular weight excluding hydrogens is 328 g/mol. The minimum Gasteiger partial charge on any atom is -0.378 e. The fourth-order valence-electron chi connectivity index (χ4n) is 3.67. The van der Waals surface area contributed by atoms with Gasteiger partial charge in [-0.1, -0.05) is 19.3 Å². The van der Waals surface area contributed by atoms with E-state index in [4.69, 9.17) is 4.74 Å². The number of hydrogen-bond donors (Lipinski definition) is 2. The number of hydrogen-bond acceptors (Lipinski definition) is 5. The number of nitriles is 1. The summed E-state index contributed by atoms with van der Waals surface area (Å²) in [6.45, 7) is 5.17. The average molecular weight is 356 g/mol. The second-order valence-corrected chi connectivity index (χ2v) is 7.26. The number of nitrogens with zero attached hydrogens (tertiary/aromatic N) is 2. The van der Waals surface area contributed by atoms with E-state index in [-0.39, 0.29) is 5.91 Å². The van der Waals surface area contributed by atoms with Crippen molar-refractivity contribution in [2.75, 3.05) is 36.5 Å². The zero-order valence-corrected chi connectivity index (χ0v) is 15.5. The Morgan fingerprint density at radius 2 is 1.85 bits per heavy atom. The number of amides is 1. The van der Waals surface area contributed by atoms with Crippen LogP contribution in [-0.2, 0) is 9.53 Å². The number of anilines is 2. The lowest BCUT2D eigenvalue weighted by molar-refractivity contribution is -0.123. The summed E-state index contributed by atoms with van der Waals surface area (Å²) in [5.74, 6) is -0.120. The normalized spacial score (nSPS) is 20.7. The third-order valence-corrected chi connectivity index (χ3v) is 5.30. The molecule has 0 aromatic heterocycles. The van der Waals surface area contributed by atoms with Crippen molar-refractivity contribution < 1.29 is 9.53 Å². The molecule has 3 rings (SSSR count). The molecule has 1 atom stereocenters. The van der Waals surface area contributed by atoms with Crippen LogP contribution in [0.25, 0.3) is 0 Å². The van der Waals surface area contributed by atoms with Gasteiger partial charge in [0.05, 0.1) is 19.3 Å². The predicted molar refractivity (Wildman–Crippen MR) is 102 cm³/mol. The number of carbonyl (C=O) groups excluding carboxylic acids is 1. The molecule has 2 N–H and O–H groups in total. The van der Waals surface area contributed by atoms with E-state index in [0.717, 1.165) is 64.1 Å². The van der Waals surface area contributed by atoms with Crippen molar-refractivity contribution in [2.24, 2.45) is 0 Å². The van der Waals surface area contributed by atoms with Crippen LogP contribution in [-0.4, -0.2) is 43.8 Å². The third-order valence-electron chi connectivity index (χ3n) is 5.30. The van der Waals surface area contributed by atoms with Crippen molar-refractivity contribution in [1.82, 2.24) is 5.32 Å². The first-order chi connectivity index (χ1) is 12.6. The summed E-state index contributed by atoms with van der Waals surface area (Å²) >= 11 is 0. The molecule has 6 nitrogen and oxygen atoms in total. The second-order valence-electron chi connectivity index (χ2n) is 7.26. The van der Waals surface area contributed by atoms with E-state index in [1.807, 2.05) is 19.1 Å². The van der Waals surface area contributed by atoms with E-state index >= 15 is 0 Å². The van der Waals surface area contributed by atoms with Gasteiger partial charge in [-0.25, -0.2) is 0 Å². The van der Waals surface area contributed by atoms with Crippen molar-refractivity contribution in [3.8, 4) is 6.07 Å². The number of nitrogens with one attached hydrogen (secondary N) is 2. The minimum atomic E-state index is -0.689. The Morgan fingerprint density at radius 3 is 2.46 bits per heavy atom. The van der Waals surface area contributed by atoms with E-state index in [2.05, 4.69) is 33.7 Å². The van der Waals surface area contributed by atoms with Crippen molar-refractivity contribution in [3.05, 3.63) is 24.3 Å². The van der Waals surface area contributed by atoms with E-state index in [9.17, 15) is 10.1 Å². The minimum absolute atomic E-state index is 0.120. The van der Waals surface area contributed by atoms with Crippen molar-refractivity contribution in [1.29, 1.82) is 5.26 Å². The molecule has 1 heterocycles. The molecule has 1 aliphatic heterocycles. The van der Waals surface area contributed by atoms with Crippen molar-refractivity contribution >= 4 is 17.3 Å². The van der Waals surface area contributed by atoms with Crippen LogP contribution >= 0.6 is 0 Å². The highest BCUT2D eigenvalue weighted by molar-refractivity contribution is 5.85. The van der Waals surface area contributed by atoms with Gasteiger partial charge in [0.1, 0.15) is 11.6 Å². The summed E-state index contributed by atoms with van der Waals surface area (Å²) < 4.78 is 5.38. The summed E-state index contributed by atoms with van der Waals surface area (Å²) in [5, 5.41) is 15.7. The Labute approximate surface area is 155 Å². The zero-order chi connectivity index (χ0) is 18.4. The van der Waals surface area contributed by atoms with Gasteiger partial charge in [0, 0.05) is 24.5 Å². The van der Waals surface area contributed by atoms with Crippen LogP contribution in [0.1, 0.15) is 39.0 Å². The molecule has 1 saturated heterocycles. The molecule has 2 aliphatic rings. The molecule has 0 spiro atoms. The van der Waals surface area contributed by atoms with Crippen LogP contribution in [0.4, 0.5) is 11.4 Å². The van der Waals surface area contributed by atoms with Gasteiger partial charge in [0.15, 0.2) is 0 Å². The summed E-state index contributed by atoms with van der Waals surface area (Å²) in [5.41, 5.74) is 1.38.